The summed E-state index contributed by atoms with van der Waals surface area (Å²) in [6.07, 6.45) is 3.34. The third-order valence-electron chi connectivity index (χ3n) is 2.38. The van der Waals surface area contributed by atoms with Crippen LogP contribution in [0.4, 0.5) is 14.5 Å². The zero-order valence-corrected chi connectivity index (χ0v) is 10.7. The van der Waals surface area contributed by atoms with Crippen LogP contribution in [0.15, 0.2) is 42.7 Å². The highest BCUT2D eigenvalue weighted by atomic mass is 32.1. The summed E-state index contributed by atoms with van der Waals surface area (Å²) in [5, 5.41) is 5.49. The molecule has 6 heteroatoms. The summed E-state index contributed by atoms with van der Waals surface area (Å²) >= 11 is 4.98. The number of aromatic nitrogens is 1. The van der Waals surface area contributed by atoms with Crippen LogP contribution < -0.4 is 10.6 Å². The maximum atomic E-state index is 13.4. The molecule has 0 spiro atoms. The zero-order chi connectivity index (χ0) is 13.7. The summed E-state index contributed by atoms with van der Waals surface area (Å²) in [4.78, 5) is 3.95. The van der Waals surface area contributed by atoms with Crippen molar-refractivity contribution in [2.24, 2.45) is 0 Å². The van der Waals surface area contributed by atoms with Crippen LogP contribution in [0, 0.1) is 11.6 Å². The lowest BCUT2D eigenvalue weighted by Gasteiger charge is -2.11. The van der Waals surface area contributed by atoms with Crippen LogP contribution in [0.2, 0.25) is 0 Å². The van der Waals surface area contributed by atoms with Gasteiger partial charge in [0.15, 0.2) is 5.11 Å². The van der Waals surface area contributed by atoms with Gasteiger partial charge in [0.2, 0.25) is 0 Å². The number of pyridine rings is 1. The maximum absolute atomic E-state index is 13.4. The van der Waals surface area contributed by atoms with E-state index in [1.165, 1.54) is 6.07 Å². The van der Waals surface area contributed by atoms with Crippen LogP contribution >= 0.6 is 12.2 Å². The van der Waals surface area contributed by atoms with Crippen molar-refractivity contribution in [2.75, 3.05) is 5.32 Å². The molecule has 1 aromatic heterocycles. The molecule has 0 unspecified atom stereocenters. The second-order valence-electron chi connectivity index (χ2n) is 3.77. The Balaban J connectivity index is 1.95. The highest BCUT2D eigenvalue weighted by Gasteiger charge is 2.09. The first-order chi connectivity index (χ1) is 9.16. The van der Waals surface area contributed by atoms with E-state index in [-0.39, 0.29) is 10.8 Å². The number of hydrogen-bond donors (Lipinski definition) is 2. The second-order valence-corrected chi connectivity index (χ2v) is 4.17. The van der Waals surface area contributed by atoms with Crippen molar-refractivity contribution in [3.8, 4) is 0 Å². The first-order valence-corrected chi connectivity index (χ1v) is 5.95. The Morgan fingerprint density at radius 2 is 1.89 bits per heavy atom. The molecule has 0 amide bonds. The van der Waals surface area contributed by atoms with E-state index in [1.54, 1.807) is 18.5 Å². The molecule has 3 nitrogen and oxygen atoms in total. The van der Waals surface area contributed by atoms with Gasteiger partial charge in [0.25, 0.3) is 0 Å². The lowest BCUT2D eigenvalue weighted by molar-refractivity contribution is 0.591. The van der Waals surface area contributed by atoms with E-state index in [1.807, 2.05) is 6.07 Å². The maximum Gasteiger partial charge on any atom is 0.171 e. The van der Waals surface area contributed by atoms with Crippen molar-refractivity contribution in [1.29, 1.82) is 0 Å². The smallest absolute Gasteiger partial charge is 0.171 e. The lowest BCUT2D eigenvalue weighted by Crippen LogP contribution is -2.28. The Labute approximate surface area is 114 Å². The minimum atomic E-state index is -0.689. The van der Waals surface area contributed by atoms with E-state index >= 15 is 0 Å². The standard InChI is InChI=1S/C13H11F2N3S/c14-10-4-1-5-11(15)12(10)18-13(19)17-8-9-3-2-6-16-7-9/h1-7H,8H2,(H2,17,18,19). The molecule has 0 saturated heterocycles. The lowest BCUT2D eigenvalue weighted by atomic mass is 10.3. The predicted octanol–water partition coefficient (Wildman–Crippen LogP) is 2.85. The quantitative estimate of drug-likeness (QED) is 0.847. The summed E-state index contributed by atoms with van der Waals surface area (Å²) in [7, 11) is 0. The Kier molecular flexibility index (Phi) is 4.35. The van der Waals surface area contributed by atoms with Gasteiger partial charge in [-0.25, -0.2) is 8.78 Å². The van der Waals surface area contributed by atoms with Gasteiger partial charge in [-0.05, 0) is 36.0 Å². The Bertz CT molecular complexity index is 555. The molecule has 0 aliphatic heterocycles. The minimum Gasteiger partial charge on any atom is -0.358 e. The molecule has 2 N–H and O–H groups in total. The number of nitrogens with one attached hydrogen (secondary N) is 2. The van der Waals surface area contributed by atoms with Crippen LogP contribution in [-0.2, 0) is 6.54 Å². The van der Waals surface area contributed by atoms with Crippen molar-refractivity contribution in [2.45, 2.75) is 6.54 Å². The van der Waals surface area contributed by atoms with E-state index in [0.29, 0.717) is 6.54 Å². The van der Waals surface area contributed by atoms with Gasteiger partial charge in [-0.1, -0.05) is 12.1 Å². The summed E-state index contributed by atoms with van der Waals surface area (Å²) in [6.45, 7) is 0.426. The predicted molar refractivity (Wildman–Crippen MR) is 73.7 cm³/mol. The summed E-state index contributed by atoms with van der Waals surface area (Å²) in [5.74, 6) is -1.38. The Hall–Kier alpha value is -2.08. The summed E-state index contributed by atoms with van der Waals surface area (Å²) in [5.41, 5.74) is 0.659. The average molecular weight is 279 g/mol. The van der Waals surface area contributed by atoms with E-state index in [4.69, 9.17) is 12.2 Å². The van der Waals surface area contributed by atoms with Gasteiger partial charge in [0.1, 0.15) is 17.3 Å². The van der Waals surface area contributed by atoms with E-state index in [0.717, 1.165) is 17.7 Å². The molecular formula is C13H11F2N3S. The van der Waals surface area contributed by atoms with Gasteiger partial charge < -0.3 is 10.6 Å². The molecule has 0 radical (unpaired) electrons. The third-order valence-corrected chi connectivity index (χ3v) is 2.62. The molecular weight excluding hydrogens is 268 g/mol. The van der Waals surface area contributed by atoms with Crippen LogP contribution in [0.25, 0.3) is 0 Å². The molecule has 2 rings (SSSR count). The monoisotopic (exact) mass is 279 g/mol. The van der Waals surface area contributed by atoms with Crippen molar-refractivity contribution < 1.29 is 8.78 Å². The van der Waals surface area contributed by atoms with Gasteiger partial charge >= 0.3 is 0 Å². The number of para-hydroxylation sites is 1. The Morgan fingerprint density at radius 3 is 2.53 bits per heavy atom. The number of anilines is 1. The fraction of sp³-hybridized carbons (Fsp3) is 0.0769. The van der Waals surface area contributed by atoms with Gasteiger partial charge in [-0.2, -0.15) is 0 Å². The largest absolute Gasteiger partial charge is 0.358 e. The van der Waals surface area contributed by atoms with Gasteiger partial charge in [0, 0.05) is 18.9 Å². The van der Waals surface area contributed by atoms with E-state index in [9.17, 15) is 8.78 Å². The molecule has 1 aromatic carbocycles. The SMILES string of the molecule is Fc1cccc(F)c1NC(=S)NCc1cccnc1. The third kappa shape index (κ3) is 3.69. The first-order valence-electron chi connectivity index (χ1n) is 5.54. The summed E-state index contributed by atoms with van der Waals surface area (Å²) in [6, 6.07) is 7.28. The zero-order valence-electron chi connectivity index (χ0n) is 9.86. The van der Waals surface area contributed by atoms with Crippen LogP contribution in [-0.4, -0.2) is 10.1 Å². The fourth-order valence-corrected chi connectivity index (χ4v) is 1.63. The van der Waals surface area contributed by atoms with Crippen molar-refractivity contribution in [3.63, 3.8) is 0 Å². The van der Waals surface area contributed by atoms with E-state index in [2.05, 4.69) is 15.6 Å². The number of nitrogens with zero attached hydrogens (tertiary/aromatic N) is 1. The van der Waals surface area contributed by atoms with Crippen LogP contribution in [0.1, 0.15) is 5.56 Å². The molecule has 98 valence electrons. The van der Waals surface area contributed by atoms with Crippen molar-refractivity contribution in [3.05, 3.63) is 59.9 Å². The van der Waals surface area contributed by atoms with Gasteiger partial charge in [-0.3, -0.25) is 4.98 Å². The number of rotatable bonds is 3. The average Bonchev–Trinajstić information content (AvgIpc) is 2.42. The first kappa shape index (κ1) is 13.4. The number of benzene rings is 1. The van der Waals surface area contributed by atoms with Crippen LogP contribution in [0.3, 0.4) is 0 Å². The molecule has 0 atom stereocenters. The Morgan fingerprint density at radius 1 is 1.16 bits per heavy atom. The second kappa shape index (κ2) is 6.19. The highest BCUT2D eigenvalue weighted by molar-refractivity contribution is 7.80. The molecule has 0 fully saturated rings. The normalized spacial score (nSPS) is 10.0. The van der Waals surface area contributed by atoms with Gasteiger partial charge in [0.05, 0.1) is 0 Å². The molecule has 0 aliphatic carbocycles. The molecule has 1 heterocycles. The van der Waals surface area contributed by atoms with Crippen LogP contribution in [0.5, 0.6) is 0 Å². The topological polar surface area (TPSA) is 37.0 Å². The van der Waals surface area contributed by atoms with Crippen molar-refractivity contribution >= 4 is 23.0 Å². The minimum absolute atomic E-state index is 0.146. The number of halogens is 2. The highest BCUT2D eigenvalue weighted by Crippen LogP contribution is 2.17. The molecule has 2 aromatic rings. The number of thiocarbonyl (C=S) groups is 1. The fourth-order valence-electron chi connectivity index (χ4n) is 1.46. The summed E-state index contributed by atoms with van der Waals surface area (Å²) < 4.78 is 26.7. The van der Waals surface area contributed by atoms with Crippen molar-refractivity contribution in [1.82, 2.24) is 10.3 Å². The molecule has 0 bridgehead atoms. The number of hydrogen-bond acceptors (Lipinski definition) is 2. The van der Waals surface area contributed by atoms with E-state index < -0.39 is 11.6 Å². The van der Waals surface area contributed by atoms with Gasteiger partial charge in [-0.15, -0.1) is 0 Å². The molecule has 0 aliphatic rings. The molecule has 0 saturated carbocycles. The molecule has 19 heavy (non-hydrogen) atoms.